The molecule has 0 saturated carbocycles. The molecule has 1 aromatic heterocycles. The number of sulfonamides is 1. The Labute approximate surface area is 168 Å². The van der Waals surface area contributed by atoms with Crippen molar-refractivity contribution >= 4 is 16.0 Å². The van der Waals surface area contributed by atoms with E-state index >= 15 is 0 Å². The van der Waals surface area contributed by atoms with Crippen molar-refractivity contribution in [3.8, 4) is 5.75 Å². The predicted octanol–water partition coefficient (Wildman–Crippen LogP) is 1.79. The van der Waals surface area contributed by atoms with E-state index in [1.165, 1.54) is 49.6 Å². The number of ether oxygens (including phenoxy) is 2. The van der Waals surface area contributed by atoms with Crippen LogP contribution in [-0.4, -0.2) is 43.6 Å². The third-order valence-electron chi connectivity index (χ3n) is 4.19. The number of benzene rings is 2. The third-order valence-corrected chi connectivity index (χ3v) is 5.68. The average Bonchev–Trinajstić information content (AvgIpc) is 3.26. The number of esters is 1. The number of carbonyl (C=O) groups excluding carboxylic acids is 1. The Morgan fingerprint density at radius 2 is 1.79 bits per heavy atom. The highest BCUT2D eigenvalue weighted by Gasteiger charge is 2.26. The van der Waals surface area contributed by atoms with Crippen molar-refractivity contribution in [2.24, 2.45) is 0 Å². The maximum absolute atomic E-state index is 13.2. The van der Waals surface area contributed by atoms with Gasteiger partial charge in [0.25, 0.3) is 0 Å². The summed E-state index contributed by atoms with van der Waals surface area (Å²) in [6.45, 7) is 0.176. The fourth-order valence-corrected chi connectivity index (χ4v) is 4.19. The van der Waals surface area contributed by atoms with Crippen molar-refractivity contribution in [3.63, 3.8) is 0 Å². The first-order valence-electron chi connectivity index (χ1n) is 8.62. The van der Waals surface area contributed by atoms with Crippen LogP contribution in [0.2, 0.25) is 0 Å². The van der Waals surface area contributed by atoms with Crippen LogP contribution in [0.15, 0.2) is 65.8 Å². The lowest BCUT2D eigenvalue weighted by Gasteiger charge is -2.20. The Kier molecular flexibility index (Phi) is 6.25. The molecule has 0 spiro atoms. The molecular formula is C19H20N4O5S. The normalized spacial score (nSPS) is 12.3. The highest BCUT2D eigenvalue weighted by Crippen LogP contribution is 2.27. The largest absolute Gasteiger partial charge is 0.495 e. The van der Waals surface area contributed by atoms with Crippen molar-refractivity contribution in [3.05, 3.63) is 72.1 Å². The van der Waals surface area contributed by atoms with Gasteiger partial charge in [-0.25, -0.2) is 17.9 Å². The Hall–Kier alpha value is -3.24. The van der Waals surface area contributed by atoms with Crippen LogP contribution in [0.4, 0.5) is 0 Å². The highest BCUT2D eigenvalue weighted by molar-refractivity contribution is 7.89. The van der Waals surface area contributed by atoms with Crippen molar-refractivity contribution in [1.82, 2.24) is 19.7 Å². The molecule has 0 aliphatic heterocycles. The molecule has 0 bridgehead atoms. The molecule has 10 heteroatoms. The van der Waals surface area contributed by atoms with Gasteiger partial charge in [0, 0.05) is 0 Å². The number of aromatic nitrogens is 3. The number of hydrogen-bond acceptors (Lipinski definition) is 7. The maximum Gasteiger partial charge on any atom is 0.337 e. The molecule has 1 unspecified atom stereocenters. The number of carbonyl (C=O) groups is 1. The van der Waals surface area contributed by atoms with Gasteiger partial charge in [0.15, 0.2) is 0 Å². The number of rotatable bonds is 8. The molecule has 3 rings (SSSR count). The van der Waals surface area contributed by atoms with E-state index in [1.54, 1.807) is 12.1 Å². The summed E-state index contributed by atoms with van der Waals surface area (Å²) < 4.78 is 38.9. The number of nitrogens with zero attached hydrogens (tertiary/aromatic N) is 3. The van der Waals surface area contributed by atoms with Crippen LogP contribution in [0.5, 0.6) is 5.75 Å². The van der Waals surface area contributed by atoms with Crippen molar-refractivity contribution in [2.75, 3.05) is 14.2 Å². The lowest BCUT2D eigenvalue weighted by Crippen LogP contribution is -2.32. The van der Waals surface area contributed by atoms with E-state index in [-0.39, 0.29) is 22.8 Å². The smallest absolute Gasteiger partial charge is 0.337 e. The van der Waals surface area contributed by atoms with E-state index in [1.807, 2.05) is 18.2 Å². The topological polar surface area (TPSA) is 112 Å². The first-order valence-corrected chi connectivity index (χ1v) is 10.1. The monoisotopic (exact) mass is 416 g/mol. The summed E-state index contributed by atoms with van der Waals surface area (Å²) in [6.07, 6.45) is 3.03. The van der Waals surface area contributed by atoms with Crippen LogP contribution < -0.4 is 9.46 Å². The van der Waals surface area contributed by atoms with E-state index in [9.17, 15) is 13.2 Å². The first-order chi connectivity index (χ1) is 13.9. The fourth-order valence-electron chi connectivity index (χ4n) is 2.78. The number of nitrogens with one attached hydrogen (secondary N) is 1. The van der Waals surface area contributed by atoms with Gasteiger partial charge in [0.1, 0.15) is 10.6 Å². The predicted molar refractivity (Wildman–Crippen MR) is 104 cm³/mol. The quantitative estimate of drug-likeness (QED) is 0.557. The molecule has 1 N–H and O–H groups in total. The van der Waals surface area contributed by atoms with Gasteiger partial charge in [-0.15, -0.1) is 0 Å². The lowest BCUT2D eigenvalue weighted by atomic mass is 10.1. The molecular weight excluding hydrogens is 396 g/mol. The van der Waals surface area contributed by atoms with E-state index in [0.717, 1.165) is 5.56 Å². The molecule has 0 aliphatic rings. The summed E-state index contributed by atoms with van der Waals surface area (Å²) >= 11 is 0. The number of hydrogen-bond donors (Lipinski definition) is 1. The van der Waals surface area contributed by atoms with Crippen molar-refractivity contribution in [1.29, 1.82) is 0 Å². The SMILES string of the molecule is COC(=O)c1ccc(OC)c(S(=O)(=O)NC(Cn2nccn2)c2ccccc2)c1. The summed E-state index contributed by atoms with van der Waals surface area (Å²) in [5.41, 5.74) is 0.829. The lowest BCUT2D eigenvalue weighted by molar-refractivity contribution is 0.0600. The van der Waals surface area contributed by atoms with Gasteiger partial charge in [0.05, 0.1) is 44.8 Å². The van der Waals surface area contributed by atoms with Gasteiger partial charge in [-0.1, -0.05) is 30.3 Å². The Bertz CT molecular complexity index is 1070. The third kappa shape index (κ3) is 4.79. The second-order valence-electron chi connectivity index (χ2n) is 6.03. The zero-order valence-electron chi connectivity index (χ0n) is 15.8. The van der Waals surface area contributed by atoms with Crippen LogP contribution >= 0.6 is 0 Å². The van der Waals surface area contributed by atoms with E-state index < -0.39 is 22.0 Å². The second kappa shape index (κ2) is 8.84. The fraction of sp³-hybridized carbons (Fsp3) is 0.211. The molecule has 0 aliphatic carbocycles. The molecule has 0 radical (unpaired) electrons. The molecule has 152 valence electrons. The van der Waals surface area contributed by atoms with Gasteiger partial charge in [-0.2, -0.15) is 15.0 Å². The van der Waals surface area contributed by atoms with Crippen molar-refractivity contribution in [2.45, 2.75) is 17.5 Å². The Morgan fingerprint density at radius 3 is 2.41 bits per heavy atom. The average molecular weight is 416 g/mol. The van der Waals surface area contributed by atoms with Crippen LogP contribution in [0.1, 0.15) is 22.0 Å². The number of methoxy groups -OCH3 is 2. The van der Waals surface area contributed by atoms with Crippen LogP contribution in [-0.2, 0) is 21.3 Å². The minimum Gasteiger partial charge on any atom is -0.495 e. The van der Waals surface area contributed by atoms with Crippen LogP contribution in [0.3, 0.4) is 0 Å². The standard InChI is InChI=1S/C19H20N4O5S/c1-27-17-9-8-15(19(24)28-2)12-18(17)29(25,26)22-16(13-23-20-10-11-21-23)14-6-4-3-5-7-14/h3-12,16,22H,13H2,1-2H3. The summed E-state index contributed by atoms with van der Waals surface area (Å²) in [6, 6.07) is 12.5. The van der Waals surface area contributed by atoms with Gasteiger partial charge < -0.3 is 9.47 Å². The molecule has 3 aromatic rings. The summed E-state index contributed by atoms with van der Waals surface area (Å²) in [4.78, 5) is 13.1. The molecule has 1 atom stereocenters. The molecule has 29 heavy (non-hydrogen) atoms. The van der Waals surface area contributed by atoms with E-state index in [0.29, 0.717) is 0 Å². The van der Waals surface area contributed by atoms with Gasteiger partial charge in [-0.3, -0.25) is 0 Å². The Morgan fingerprint density at radius 1 is 1.10 bits per heavy atom. The minimum absolute atomic E-state index is 0.0960. The second-order valence-corrected chi connectivity index (χ2v) is 7.71. The van der Waals surface area contributed by atoms with Gasteiger partial charge >= 0.3 is 5.97 Å². The van der Waals surface area contributed by atoms with Crippen molar-refractivity contribution < 1.29 is 22.7 Å². The molecule has 1 heterocycles. The maximum atomic E-state index is 13.2. The first kappa shape index (κ1) is 20.5. The highest BCUT2D eigenvalue weighted by atomic mass is 32.2. The summed E-state index contributed by atoms with van der Waals surface area (Å²) in [5, 5.41) is 8.10. The molecule has 9 nitrogen and oxygen atoms in total. The molecule has 2 aromatic carbocycles. The van der Waals surface area contributed by atoms with E-state index in [2.05, 4.69) is 19.7 Å². The van der Waals surface area contributed by atoms with Crippen LogP contribution in [0.25, 0.3) is 0 Å². The zero-order chi connectivity index (χ0) is 20.9. The van der Waals surface area contributed by atoms with Crippen LogP contribution in [0, 0.1) is 0 Å². The van der Waals surface area contributed by atoms with Gasteiger partial charge in [0.2, 0.25) is 10.0 Å². The zero-order valence-corrected chi connectivity index (χ0v) is 16.7. The summed E-state index contributed by atoms with van der Waals surface area (Å²) in [5.74, 6) is -0.543. The summed E-state index contributed by atoms with van der Waals surface area (Å²) in [7, 11) is -1.49. The van der Waals surface area contributed by atoms with Gasteiger partial charge in [-0.05, 0) is 23.8 Å². The molecule has 0 saturated heterocycles. The minimum atomic E-state index is -4.07. The molecule has 0 amide bonds. The Balaban J connectivity index is 1.99. The van der Waals surface area contributed by atoms with E-state index in [4.69, 9.17) is 4.74 Å². The molecule has 0 fully saturated rings.